The van der Waals surface area contributed by atoms with Crippen LogP contribution in [0.4, 0.5) is 0 Å². The smallest absolute Gasteiger partial charge is 0.328 e. The Bertz CT molecular complexity index is 288. The van der Waals surface area contributed by atoms with Gasteiger partial charge in [0.05, 0.1) is 0 Å². The van der Waals surface area contributed by atoms with Crippen LogP contribution in [0, 0.1) is 0 Å². The maximum absolute atomic E-state index is 10.1. The third kappa shape index (κ3) is 6.55. The first-order valence-corrected chi connectivity index (χ1v) is 3.58. The quantitative estimate of drug-likeness (QED) is 0.386. The molecule has 4 heteroatoms. The third-order valence-corrected chi connectivity index (χ3v) is 1.19. The second kappa shape index (κ2) is 5.77. The molecule has 0 saturated heterocycles. The van der Waals surface area contributed by atoms with Gasteiger partial charge in [-0.2, -0.15) is 0 Å². The second-order valence-electron chi connectivity index (χ2n) is 2.33. The fourth-order valence-corrected chi connectivity index (χ4v) is 0.528. The van der Waals surface area contributed by atoms with Crippen molar-refractivity contribution < 1.29 is 9.90 Å². The maximum Gasteiger partial charge on any atom is 0.328 e. The van der Waals surface area contributed by atoms with E-state index in [1.807, 2.05) is 0 Å². The van der Waals surface area contributed by atoms with Crippen molar-refractivity contribution in [3.8, 4) is 0 Å². The molecular weight excluding hydrogens is 168 g/mol. The van der Waals surface area contributed by atoms with Crippen molar-refractivity contribution in [3.63, 3.8) is 0 Å². The van der Waals surface area contributed by atoms with Crippen LogP contribution in [-0.4, -0.2) is 17.8 Å². The summed E-state index contributed by atoms with van der Waals surface area (Å²) >= 11 is 0. The Morgan fingerprint density at radius 3 is 2.54 bits per heavy atom. The fraction of sp³-hybridized carbons (Fsp3) is 0.111. The summed E-state index contributed by atoms with van der Waals surface area (Å²) in [5.41, 5.74) is 6.10. The highest BCUT2D eigenvalue weighted by atomic mass is 16.4. The molecule has 0 bridgehead atoms. The standard InChI is InChI=1S/C9H12N2O2/c1-7(4-6-9(12)13)3-5-8(10)11-2/h3-6H,2,10H2,1H3,(H,12,13)/b6-4+,7-3+,8-5-. The van der Waals surface area contributed by atoms with Crippen LogP contribution in [0.25, 0.3) is 0 Å². The monoisotopic (exact) mass is 180 g/mol. The molecule has 0 heterocycles. The van der Waals surface area contributed by atoms with E-state index in [0.29, 0.717) is 5.82 Å². The average molecular weight is 180 g/mol. The number of nitrogens with zero attached hydrogens (tertiary/aromatic N) is 1. The first-order valence-electron chi connectivity index (χ1n) is 3.58. The maximum atomic E-state index is 10.1. The SMILES string of the molecule is C=N\C(N)=C/C=C(C)/C=C/C(=O)O. The van der Waals surface area contributed by atoms with Gasteiger partial charge >= 0.3 is 5.97 Å². The zero-order valence-corrected chi connectivity index (χ0v) is 7.40. The van der Waals surface area contributed by atoms with Crippen molar-refractivity contribution in [1.29, 1.82) is 0 Å². The molecule has 0 radical (unpaired) electrons. The van der Waals surface area contributed by atoms with Crippen LogP contribution in [0.3, 0.4) is 0 Å². The molecule has 0 aromatic rings. The van der Waals surface area contributed by atoms with Crippen LogP contribution >= 0.6 is 0 Å². The van der Waals surface area contributed by atoms with Gasteiger partial charge in [-0.15, -0.1) is 0 Å². The van der Waals surface area contributed by atoms with Gasteiger partial charge in [0.1, 0.15) is 5.82 Å². The molecule has 0 aliphatic heterocycles. The number of aliphatic carboxylic acids is 1. The summed E-state index contributed by atoms with van der Waals surface area (Å²) < 4.78 is 0. The van der Waals surface area contributed by atoms with Gasteiger partial charge in [-0.3, -0.25) is 0 Å². The molecule has 0 aromatic heterocycles. The largest absolute Gasteiger partial charge is 0.478 e. The van der Waals surface area contributed by atoms with E-state index in [4.69, 9.17) is 10.8 Å². The zero-order valence-electron chi connectivity index (χ0n) is 7.40. The van der Waals surface area contributed by atoms with Gasteiger partial charge in [-0.1, -0.05) is 17.7 Å². The lowest BCUT2D eigenvalue weighted by atomic mass is 10.2. The van der Waals surface area contributed by atoms with Gasteiger partial charge in [-0.25, -0.2) is 9.79 Å². The van der Waals surface area contributed by atoms with E-state index in [1.54, 1.807) is 19.1 Å². The molecule has 0 rings (SSSR count). The van der Waals surface area contributed by atoms with E-state index < -0.39 is 5.97 Å². The lowest BCUT2D eigenvalue weighted by Crippen LogP contribution is -1.90. The van der Waals surface area contributed by atoms with Gasteiger partial charge in [0.2, 0.25) is 0 Å². The molecule has 70 valence electrons. The molecule has 4 nitrogen and oxygen atoms in total. The van der Waals surface area contributed by atoms with E-state index >= 15 is 0 Å². The Morgan fingerprint density at radius 1 is 1.46 bits per heavy atom. The van der Waals surface area contributed by atoms with Crippen molar-refractivity contribution in [2.24, 2.45) is 10.7 Å². The second-order valence-corrected chi connectivity index (χ2v) is 2.33. The van der Waals surface area contributed by atoms with Gasteiger partial charge in [0.15, 0.2) is 0 Å². The minimum atomic E-state index is -0.980. The Labute approximate surface area is 76.8 Å². The highest BCUT2D eigenvalue weighted by Crippen LogP contribution is 1.96. The minimum absolute atomic E-state index is 0.295. The topological polar surface area (TPSA) is 75.7 Å². The van der Waals surface area contributed by atoms with Crippen LogP contribution in [0.5, 0.6) is 0 Å². The molecule has 0 unspecified atom stereocenters. The molecule has 0 aliphatic rings. The summed E-state index contributed by atoms with van der Waals surface area (Å²) in [6.45, 7) is 4.98. The van der Waals surface area contributed by atoms with Crippen molar-refractivity contribution in [1.82, 2.24) is 0 Å². The third-order valence-electron chi connectivity index (χ3n) is 1.19. The molecule has 0 spiro atoms. The zero-order chi connectivity index (χ0) is 10.3. The first-order chi connectivity index (χ1) is 6.06. The summed E-state index contributed by atoms with van der Waals surface area (Å²) in [6.07, 6.45) is 5.73. The van der Waals surface area contributed by atoms with E-state index in [9.17, 15) is 4.79 Å². The number of allylic oxidation sites excluding steroid dienone is 4. The number of rotatable bonds is 4. The van der Waals surface area contributed by atoms with Crippen LogP contribution in [0.15, 0.2) is 40.7 Å². The number of carbonyl (C=O) groups is 1. The van der Waals surface area contributed by atoms with Crippen molar-refractivity contribution in [3.05, 3.63) is 35.7 Å². The van der Waals surface area contributed by atoms with E-state index in [-0.39, 0.29) is 0 Å². The van der Waals surface area contributed by atoms with Crippen molar-refractivity contribution in [2.45, 2.75) is 6.92 Å². The lowest BCUT2D eigenvalue weighted by molar-refractivity contribution is -0.131. The Hall–Kier alpha value is -1.84. The summed E-state index contributed by atoms with van der Waals surface area (Å²) in [4.78, 5) is 13.6. The fourth-order valence-electron chi connectivity index (χ4n) is 0.528. The number of nitrogens with two attached hydrogens (primary N) is 1. The lowest BCUT2D eigenvalue weighted by Gasteiger charge is -1.89. The minimum Gasteiger partial charge on any atom is -0.478 e. The number of hydrogen-bond donors (Lipinski definition) is 2. The number of aliphatic imine (C=N–C) groups is 1. The summed E-state index contributed by atoms with van der Waals surface area (Å²) in [7, 11) is 0. The predicted molar refractivity (Wildman–Crippen MR) is 52.4 cm³/mol. The summed E-state index contributed by atoms with van der Waals surface area (Å²) in [5.74, 6) is -0.686. The summed E-state index contributed by atoms with van der Waals surface area (Å²) in [5, 5.41) is 8.30. The summed E-state index contributed by atoms with van der Waals surface area (Å²) in [6, 6.07) is 0. The normalized spacial score (nSPS) is 13.3. The Kier molecular flexibility index (Phi) is 4.95. The van der Waals surface area contributed by atoms with Gasteiger partial charge in [0, 0.05) is 6.08 Å². The molecule has 0 fully saturated rings. The molecule has 0 saturated carbocycles. The van der Waals surface area contributed by atoms with Crippen molar-refractivity contribution >= 4 is 12.7 Å². The molecule has 0 amide bonds. The van der Waals surface area contributed by atoms with Crippen molar-refractivity contribution in [2.75, 3.05) is 0 Å². The number of carboxylic acids is 1. The van der Waals surface area contributed by atoms with E-state index in [1.165, 1.54) is 6.08 Å². The van der Waals surface area contributed by atoms with Crippen LogP contribution < -0.4 is 5.73 Å². The van der Waals surface area contributed by atoms with Gasteiger partial charge in [-0.05, 0) is 19.7 Å². The number of carboxylic acid groups (broad SMARTS) is 1. The molecule has 3 N–H and O–H groups in total. The Balaban J connectivity index is 4.34. The molecule has 0 atom stereocenters. The first kappa shape index (κ1) is 11.2. The predicted octanol–water partition coefficient (Wildman–Crippen LogP) is 1.07. The highest BCUT2D eigenvalue weighted by molar-refractivity contribution is 5.80. The van der Waals surface area contributed by atoms with Crippen LogP contribution in [0.1, 0.15) is 6.92 Å². The van der Waals surface area contributed by atoms with Crippen LogP contribution in [-0.2, 0) is 4.79 Å². The molecular formula is C9H12N2O2. The molecule has 13 heavy (non-hydrogen) atoms. The molecule has 0 aliphatic carbocycles. The number of hydrogen-bond acceptors (Lipinski definition) is 3. The molecule has 0 aromatic carbocycles. The van der Waals surface area contributed by atoms with Gasteiger partial charge < -0.3 is 10.8 Å². The van der Waals surface area contributed by atoms with E-state index in [2.05, 4.69) is 11.7 Å². The van der Waals surface area contributed by atoms with Crippen LogP contribution in [0.2, 0.25) is 0 Å². The Morgan fingerprint density at radius 2 is 2.08 bits per heavy atom. The van der Waals surface area contributed by atoms with Gasteiger partial charge in [0.25, 0.3) is 0 Å². The highest BCUT2D eigenvalue weighted by Gasteiger charge is 1.85. The average Bonchev–Trinajstić information content (AvgIpc) is 2.10. The van der Waals surface area contributed by atoms with E-state index in [0.717, 1.165) is 11.6 Å².